The molecular formula is C15H12N2O3. The molecule has 0 bridgehead atoms. The number of carbonyl (C=O) groups is 1. The summed E-state index contributed by atoms with van der Waals surface area (Å²) in [6, 6.07) is 10.7. The zero-order valence-electron chi connectivity index (χ0n) is 10.8. The van der Waals surface area contributed by atoms with E-state index in [-0.39, 0.29) is 0 Å². The Bertz CT molecular complexity index is 765. The van der Waals surface area contributed by atoms with E-state index in [0.717, 1.165) is 0 Å². The molecule has 2 aromatic heterocycles. The van der Waals surface area contributed by atoms with Gasteiger partial charge in [0, 0.05) is 6.20 Å². The van der Waals surface area contributed by atoms with Crippen molar-refractivity contribution in [1.29, 1.82) is 0 Å². The molecule has 0 aliphatic heterocycles. The molecule has 0 saturated heterocycles. The molecule has 0 amide bonds. The first kappa shape index (κ1) is 12.3. The molecule has 0 unspecified atom stereocenters. The number of hydrogen-bond donors (Lipinski definition) is 1. The fourth-order valence-corrected chi connectivity index (χ4v) is 1.96. The second kappa shape index (κ2) is 4.77. The second-order valence-corrected chi connectivity index (χ2v) is 4.52. The quantitative estimate of drug-likeness (QED) is 0.790. The number of fused-ring (bicyclic) bond motifs is 1. The number of carboxylic acids is 1. The summed E-state index contributed by atoms with van der Waals surface area (Å²) in [5.41, 5.74) is 2.60. The van der Waals surface area contributed by atoms with E-state index in [1.165, 1.54) is 0 Å². The highest BCUT2D eigenvalue weighted by atomic mass is 16.4. The minimum Gasteiger partial charge on any atom is -0.481 e. The molecule has 1 atom stereocenters. The number of nitrogens with zero attached hydrogens (tertiary/aromatic N) is 2. The maximum Gasteiger partial charge on any atom is 0.310 e. The number of pyridine rings is 1. The largest absolute Gasteiger partial charge is 0.481 e. The smallest absolute Gasteiger partial charge is 0.310 e. The molecule has 5 heteroatoms. The summed E-state index contributed by atoms with van der Waals surface area (Å²) >= 11 is 0. The Morgan fingerprint density at radius 3 is 2.85 bits per heavy atom. The summed E-state index contributed by atoms with van der Waals surface area (Å²) in [6.07, 6.45) is 1.67. The Hall–Kier alpha value is -2.69. The number of rotatable bonds is 3. The number of hydrogen-bond acceptors (Lipinski definition) is 4. The molecular weight excluding hydrogens is 256 g/mol. The van der Waals surface area contributed by atoms with Crippen molar-refractivity contribution in [2.24, 2.45) is 0 Å². The van der Waals surface area contributed by atoms with E-state index in [1.54, 1.807) is 31.3 Å². The van der Waals surface area contributed by atoms with Gasteiger partial charge in [-0.15, -0.1) is 0 Å². The molecule has 0 aliphatic rings. The lowest BCUT2D eigenvalue weighted by Gasteiger charge is -2.04. The third kappa shape index (κ3) is 2.14. The Kier molecular flexibility index (Phi) is 2.95. The van der Waals surface area contributed by atoms with Crippen LogP contribution < -0.4 is 0 Å². The van der Waals surface area contributed by atoms with Crippen LogP contribution in [0.2, 0.25) is 0 Å². The molecule has 1 aromatic carbocycles. The number of aliphatic carboxylic acids is 1. The minimum absolute atomic E-state index is 0.431. The summed E-state index contributed by atoms with van der Waals surface area (Å²) in [4.78, 5) is 19.6. The molecule has 0 fully saturated rings. The average Bonchev–Trinajstić information content (AvgIpc) is 2.90. The van der Waals surface area contributed by atoms with Crippen molar-refractivity contribution >= 4 is 17.1 Å². The van der Waals surface area contributed by atoms with Gasteiger partial charge in [0.15, 0.2) is 5.58 Å². The van der Waals surface area contributed by atoms with Crippen LogP contribution in [0, 0.1) is 0 Å². The highest BCUT2D eigenvalue weighted by Gasteiger charge is 2.16. The first-order valence-electron chi connectivity index (χ1n) is 6.20. The Morgan fingerprint density at radius 2 is 2.15 bits per heavy atom. The van der Waals surface area contributed by atoms with Gasteiger partial charge < -0.3 is 9.52 Å². The minimum atomic E-state index is -0.863. The normalized spacial score (nSPS) is 12.4. The molecule has 0 spiro atoms. The lowest BCUT2D eigenvalue weighted by atomic mass is 10.0. The Balaban J connectivity index is 2.06. The summed E-state index contributed by atoms with van der Waals surface area (Å²) in [7, 11) is 0. The standard InChI is InChI=1S/C15H12N2O3/c1-9(15(18)19)10-5-6-13-12(8-10)17-14(20-13)11-4-2-3-7-16-11/h2-9H,1H3,(H,18,19)/t9-/m1/s1. The second-order valence-electron chi connectivity index (χ2n) is 4.52. The summed E-state index contributed by atoms with van der Waals surface area (Å²) in [5, 5.41) is 9.04. The molecule has 0 saturated carbocycles. The van der Waals surface area contributed by atoms with Crippen LogP contribution in [0.1, 0.15) is 18.4 Å². The fraction of sp³-hybridized carbons (Fsp3) is 0.133. The van der Waals surface area contributed by atoms with Gasteiger partial charge in [-0.25, -0.2) is 4.98 Å². The first-order valence-corrected chi connectivity index (χ1v) is 6.20. The van der Waals surface area contributed by atoms with Crippen LogP contribution in [-0.4, -0.2) is 21.0 Å². The molecule has 0 radical (unpaired) electrons. The van der Waals surface area contributed by atoms with Crippen molar-refractivity contribution in [3.63, 3.8) is 0 Å². The van der Waals surface area contributed by atoms with Gasteiger partial charge in [-0.2, -0.15) is 0 Å². The molecule has 3 aromatic rings. The van der Waals surface area contributed by atoms with Crippen LogP contribution >= 0.6 is 0 Å². The van der Waals surface area contributed by atoms with Crippen LogP contribution in [0.5, 0.6) is 0 Å². The zero-order chi connectivity index (χ0) is 14.1. The summed E-state index contributed by atoms with van der Waals surface area (Å²) in [5.74, 6) is -1.01. The summed E-state index contributed by atoms with van der Waals surface area (Å²) in [6.45, 7) is 1.64. The van der Waals surface area contributed by atoms with E-state index in [2.05, 4.69) is 9.97 Å². The van der Waals surface area contributed by atoms with Gasteiger partial charge in [0.25, 0.3) is 0 Å². The first-order chi connectivity index (χ1) is 9.65. The Morgan fingerprint density at radius 1 is 1.30 bits per heavy atom. The van der Waals surface area contributed by atoms with Crippen LogP contribution in [0.25, 0.3) is 22.7 Å². The maximum atomic E-state index is 11.0. The van der Waals surface area contributed by atoms with Gasteiger partial charge in [-0.3, -0.25) is 9.78 Å². The van der Waals surface area contributed by atoms with E-state index in [1.807, 2.05) is 18.2 Å². The third-order valence-corrected chi connectivity index (χ3v) is 3.17. The monoisotopic (exact) mass is 268 g/mol. The molecule has 20 heavy (non-hydrogen) atoms. The van der Waals surface area contributed by atoms with E-state index in [0.29, 0.717) is 28.2 Å². The van der Waals surface area contributed by atoms with Crippen molar-refractivity contribution < 1.29 is 14.3 Å². The zero-order valence-corrected chi connectivity index (χ0v) is 10.8. The van der Waals surface area contributed by atoms with Gasteiger partial charge in [0.2, 0.25) is 5.89 Å². The molecule has 5 nitrogen and oxygen atoms in total. The van der Waals surface area contributed by atoms with Crippen LogP contribution in [0.4, 0.5) is 0 Å². The van der Waals surface area contributed by atoms with Gasteiger partial charge in [0.1, 0.15) is 11.2 Å². The predicted molar refractivity (Wildman–Crippen MR) is 73.3 cm³/mol. The Labute approximate surface area is 114 Å². The molecule has 1 N–H and O–H groups in total. The van der Waals surface area contributed by atoms with Crippen molar-refractivity contribution in [2.75, 3.05) is 0 Å². The number of aromatic nitrogens is 2. The SMILES string of the molecule is C[C@@H](C(=O)O)c1ccc2oc(-c3ccccn3)nc2c1. The highest BCUT2D eigenvalue weighted by Crippen LogP contribution is 2.26. The number of benzene rings is 1. The highest BCUT2D eigenvalue weighted by molar-refractivity contribution is 5.80. The maximum absolute atomic E-state index is 11.0. The van der Waals surface area contributed by atoms with E-state index in [4.69, 9.17) is 9.52 Å². The average molecular weight is 268 g/mol. The molecule has 100 valence electrons. The van der Waals surface area contributed by atoms with E-state index >= 15 is 0 Å². The number of oxazole rings is 1. The third-order valence-electron chi connectivity index (χ3n) is 3.17. The number of carboxylic acid groups (broad SMARTS) is 1. The summed E-state index contributed by atoms with van der Waals surface area (Å²) < 4.78 is 5.63. The van der Waals surface area contributed by atoms with Gasteiger partial charge >= 0.3 is 5.97 Å². The molecule has 3 rings (SSSR count). The van der Waals surface area contributed by atoms with Gasteiger partial charge in [0.05, 0.1) is 5.92 Å². The van der Waals surface area contributed by atoms with Crippen molar-refractivity contribution in [2.45, 2.75) is 12.8 Å². The van der Waals surface area contributed by atoms with Gasteiger partial charge in [-0.05, 0) is 36.8 Å². The lowest BCUT2D eigenvalue weighted by Crippen LogP contribution is -2.06. The fourth-order valence-electron chi connectivity index (χ4n) is 1.96. The lowest BCUT2D eigenvalue weighted by molar-refractivity contribution is -0.138. The van der Waals surface area contributed by atoms with Crippen molar-refractivity contribution in [3.8, 4) is 11.6 Å². The van der Waals surface area contributed by atoms with Crippen LogP contribution in [-0.2, 0) is 4.79 Å². The van der Waals surface area contributed by atoms with Crippen LogP contribution in [0.15, 0.2) is 47.0 Å². The molecule has 0 aliphatic carbocycles. The van der Waals surface area contributed by atoms with Crippen molar-refractivity contribution in [1.82, 2.24) is 9.97 Å². The topological polar surface area (TPSA) is 76.2 Å². The van der Waals surface area contributed by atoms with E-state index in [9.17, 15) is 4.79 Å². The van der Waals surface area contributed by atoms with Gasteiger partial charge in [-0.1, -0.05) is 12.1 Å². The predicted octanol–water partition coefficient (Wildman–Crippen LogP) is 3.08. The van der Waals surface area contributed by atoms with Crippen molar-refractivity contribution in [3.05, 3.63) is 48.2 Å². The van der Waals surface area contributed by atoms with Crippen LogP contribution in [0.3, 0.4) is 0 Å². The van der Waals surface area contributed by atoms with E-state index < -0.39 is 11.9 Å². The molecule has 2 heterocycles.